The van der Waals surface area contributed by atoms with Crippen molar-refractivity contribution in [2.24, 2.45) is 0 Å². The number of benzene rings is 1. The summed E-state index contributed by atoms with van der Waals surface area (Å²) in [7, 11) is 0. The third kappa shape index (κ3) is 3.63. The van der Waals surface area contributed by atoms with Gasteiger partial charge in [-0.15, -0.1) is 0 Å². The molecule has 22 heavy (non-hydrogen) atoms. The summed E-state index contributed by atoms with van der Waals surface area (Å²) >= 11 is 0. The van der Waals surface area contributed by atoms with Gasteiger partial charge < -0.3 is 16.4 Å². The highest BCUT2D eigenvalue weighted by Gasteiger charge is 2.23. The lowest BCUT2D eigenvalue weighted by atomic mass is 10.2. The Labute approximate surface area is 127 Å². The van der Waals surface area contributed by atoms with E-state index in [0.717, 1.165) is 12.8 Å². The molecule has 1 aromatic carbocycles. The summed E-state index contributed by atoms with van der Waals surface area (Å²) in [6.07, 6.45) is 5.23. The van der Waals surface area contributed by atoms with Crippen LogP contribution in [0, 0.1) is 0 Å². The van der Waals surface area contributed by atoms with Gasteiger partial charge in [-0.1, -0.05) is 6.07 Å². The van der Waals surface area contributed by atoms with E-state index in [4.69, 9.17) is 5.73 Å². The van der Waals surface area contributed by atoms with Crippen LogP contribution in [-0.4, -0.2) is 27.6 Å². The van der Waals surface area contributed by atoms with Gasteiger partial charge in [-0.25, -0.2) is 0 Å². The molecule has 1 fully saturated rings. The van der Waals surface area contributed by atoms with Crippen molar-refractivity contribution >= 4 is 23.2 Å². The van der Waals surface area contributed by atoms with E-state index in [0.29, 0.717) is 23.0 Å². The summed E-state index contributed by atoms with van der Waals surface area (Å²) in [5, 5.41) is 9.67. The fourth-order valence-corrected chi connectivity index (χ4v) is 2.05. The lowest BCUT2D eigenvalue weighted by Gasteiger charge is -2.04. The highest BCUT2D eigenvalue weighted by molar-refractivity contribution is 6.04. The molecule has 0 radical (unpaired) electrons. The molecule has 1 aromatic heterocycles. The van der Waals surface area contributed by atoms with Crippen molar-refractivity contribution in [2.75, 3.05) is 11.1 Å². The van der Waals surface area contributed by atoms with Gasteiger partial charge >= 0.3 is 0 Å². The largest absolute Gasteiger partial charge is 0.399 e. The molecule has 3 rings (SSSR count). The Bertz CT molecular complexity index is 705. The number of nitrogens with one attached hydrogen (secondary N) is 2. The Morgan fingerprint density at radius 2 is 2.18 bits per heavy atom. The molecule has 4 N–H and O–H groups in total. The summed E-state index contributed by atoms with van der Waals surface area (Å²) in [6, 6.07) is 7.04. The van der Waals surface area contributed by atoms with E-state index in [1.165, 1.54) is 10.9 Å². The Morgan fingerprint density at radius 1 is 1.36 bits per heavy atom. The van der Waals surface area contributed by atoms with Crippen LogP contribution in [0.4, 0.5) is 11.4 Å². The van der Waals surface area contributed by atoms with Crippen LogP contribution < -0.4 is 16.4 Å². The third-order valence-electron chi connectivity index (χ3n) is 3.29. The number of aromatic nitrogens is 2. The van der Waals surface area contributed by atoms with E-state index >= 15 is 0 Å². The maximum absolute atomic E-state index is 12.1. The topological polar surface area (TPSA) is 102 Å². The molecule has 0 spiro atoms. The number of rotatable bonds is 5. The van der Waals surface area contributed by atoms with Gasteiger partial charge in [0.2, 0.25) is 5.91 Å². The molecule has 0 unspecified atom stereocenters. The fraction of sp³-hybridized carbons (Fsp3) is 0.267. The molecule has 0 atom stereocenters. The zero-order valence-electron chi connectivity index (χ0n) is 12.0. The number of nitrogens with two attached hydrogens (primary N) is 1. The maximum Gasteiger partial charge on any atom is 0.255 e. The van der Waals surface area contributed by atoms with Crippen molar-refractivity contribution < 1.29 is 9.59 Å². The molecule has 1 aliphatic rings. The van der Waals surface area contributed by atoms with Crippen LogP contribution in [0.1, 0.15) is 23.2 Å². The van der Waals surface area contributed by atoms with E-state index in [1.807, 2.05) is 0 Å². The number of anilines is 2. The summed E-state index contributed by atoms with van der Waals surface area (Å²) in [4.78, 5) is 23.7. The minimum Gasteiger partial charge on any atom is -0.399 e. The van der Waals surface area contributed by atoms with Gasteiger partial charge in [-0.05, 0) is 31.0 Å². The third-order valence-corrected chi connectivity index (χ3v) is 3.29. The average Bonchev–Trinajstić information content (AvgIpc) is 3.18. The van der Waals surface area contributed by atoms with Gasteiger partial charge in [0.1, 0.15) is 6.54 Å². The van der Waals surface area contributed by atoms with E-state index in [9.17, 15) is 9.59 Å². The fourth-order valence-electron chi connectivity index (χ4n) is 2.05. The van der Waals surface area contributed by atoms with Gasteiger partial charge in [-0.3, -0.25) is 14.3 Å². The van der Waals surface area contributed by atoms with Gasteiger partial charge in [0.25, 0.3) is 5.91 Å². The number of hydrogen-bond acceptors (Lipinski definition) is 4. The maximum atomic E-state index is 12.1. The first kappa shape index (κ1) is 14.1. The first-order valence-electron chi connectivity index (χ1n) is 7.09. The quantitative estimate of drug-likeness (QED) is 0.717. The molecular formula is C15H17N5O2. The van der Waals surface area contributed by atoms with E-state index in [-0.39, 0.29) is 18.4 Å². The zero-order chi connectivity index (χ0) is 15.5. The molecule has 2 amide bonds. The molecule has 2 aromatic rings. The highest BCUT2D eigenvalue weighted by atomic mass is 16.2. The van der Waals surface area contributed by atoms with Crippen LogP contribution in [0.3, 0.4) is 0 Å². The monoisotopic (exact) mass is 299 g/mol. The summed E-state index contributed by atoms with van der Waals surface area (Å²) in [6.45, 7) is 0.144. The molecule has 114 valence electrons. The molecule has 1 aliphatic carbocycles. The molecule has 7 heteroatoms. The van der Waals surface area contributed by atoms with Crippen LogP contribution >= 0.6 is 0 Å². The normalized spacial score (nSPS) is 13.6. The minimum atomic E-state index is -0.269. The van der Waals surface area contributed by atoms with Crippen molar-refractivity contribution in [1.82, 2.24) is 15.1 Å². The van der Waals surface area contributed by atoms with Gasteiger partial charge in [-0.2, -0.15) is 5.10 Å². The molecule has 1 saturated carbocycles. The Morgan fingerprint density at radius 3 is 2.91 bits per heavy atom. The van der Waals surface area contributed by atoms with Crippen LogP contribution in [-0.2, 0) is 11.3 Å². The van der Waals surface area contributed by atoms with Gasteiger partial charge in [0.05, 0.1) is 11.9 Å². The molecular weight excluding hydrogens is 282 g/mol. The first-order chi connectivity index (χ1) is 10.6. The summed E-state index contributed by atoms with van der Waals surface area (Å²) < 4.78 is 1.49. The second-order valence-corrected chi connectivity index (χ2v) is 5.35. The number of nitrogens with zero attached hydrogens (tertiary/aromatic N) is 2. The molecule has 0 aliphatic heterocycles. The minimum absolute atomic E-state index is 0.0701. The van der Waals surface area contributed by atoms with Crippen molar-refractivity contribution in [1.29, 1.82) is 0 Å². The average molecular weight is 299 g/mol. The van der Waals surface area contributed by atoms with E-state index in [2.05, 4.69) is 15.7 Å². The predicted octanol–water partition coefficient (Wildman–Crippen LogP) is 0.996. The lowest BCUT2D eigenvalue weighted by Crippen LogP contribution is -2.29. The smallest absolute Gasteiger partial charge is 0.255 e. The summed E-state index contributed by atoms with van der Waals surface area (Å²) in [5.41, 5.74) is 7.19. The zero-order valence-corrected chi connectivity index (χ0v) is 12.0. The molecule has 0 bridgehead atoms. The van der Waals surface area contributed by atoms with Crippen molar-refractivity contribution in [3.8, 4) is 0 Å². The summed E-state index contributed by atoms with van der Waals surface area (Å²) in [5.74, 6) is -0.339. The van der Waals surface area contributed by atoms with Crippen molar-refractivity contribution in [2.45, 2.75) is 25.4 Å². The standard InChI is InChI=1S/C15H17N5O2/c16-11-3-1-2-10(6-11)15(22)19-13-7-17-20(8-13)9-14(21)18-12-4-5-12/h1-3,6-8,12H,4-5,9,16H2,(H,18,21)(H,19,22). The van der Waals surface area contributed by atoms with Crippen LogP contribution in [0.15, 0.2) is 36.7 Å². The van der Waals surface area contributed by atoms with E-state index < -0.39 is 0 Å². The second-order valence-electron chi connectivity index (χ2n) is 5.35. The van der Waals surface area contributed by atoms with Crippen molar-refractivity contribution in [3.63, 3.8) is 0 Å². The lowest BCUT2D eigenvalue weighted by molar-refractivity contribution is -0.122. The highest BCUT2D eigenvalue weighted by Crippen LogP contribution is 2.18. The van der Waals surface area contributed by atoms with Gasteiger partial charge in [0, 0.05) is 23.5 Å². The number of nitrogen functional groups attached to an aromatic ring is 1. The number of hydrogen-bond donors (Lipinski definition) is 3. The molecule has 0 saturated heterocycles. The SMILES string of the molecule is Nc1cccc(C(=O)Nc2cnn(CC(=O)NC3CC3)c2)c1. The number of carbonyl (C=O) groups excluding carboxylic acids is 2. The molecule has 1 heterocycles. The van der Waals surface area contributed by atoms with E-state index in [1.54, 1.807) is 30.5 Å². The van der Waals surface area contributed by atoms with Crippen LogP contribution in [0.5, 0.6) is 0 Å². The predicted molar refractivity (Wildman–Crippen MR) is 82.2 cm³/mol. The Hall–Kier alpha value is -2.83. The van der Waals surface area contributed by atoms with Crippen molar-refractivity contribution in [3.05, 3.63) is 42.2 Å². The second kappa shape index (κ2) is 5.88. The Kier molecular flexibility index (Phi) is 3.78. The number of amides is 2. The van der Waals surface area contributed by atoms with Gasteiger partial charge in [0.15, 0.2) is 0 Å². The van der Waals surface area contributed by atoms with Crippen LogP contribution in [0.25, 0.3) is 0 Å². The molecule has 7 nitrogen and oxygen atoms in total. The Balaban J connectivity index is 1.58. The number of carbonyl (C=O) groups is 2. The van der Waals surface area contributed by atoms with Crippen LogP contribution in [0.2, 0.25) is 0 Å². The first-order valence-corrected chi connectivity index (χ1v) is 7.09.